The van der Waals surface area contributed by atoms with Gasteiger partial charge < -0.3 is 9.42 Å². The van der Waals surface area contributed by atoms with E-state index in [4.69, 9.17) is 4.52 Å². The number of hydrogen-bond donors (Lipinski definition) is 0. The Morgan fingerprint density at radius 3 is 2.58 bits per heavy atom. The summed E-state index contributed by atoms with van der Waals surface area (Å²) < 4.78 is 23.3. The summed E-state index contributed by atoms with van der Waals surface area (Å²) in [6, 6.07) is 4.50. The first-order valence-corrected chi connectivity index (χ1v) is 11.2. The number of nitrogens with zero attached hydrogens (tertiary/aromatic N) is 8. The molecule has 36 heavy (non-hydrogen) atoms. The lowest BCUT2D eigenvalue weighted by atomic mass is 10.1. The van der Waals surface area contributed by atoms with Crippen molar-refractivity contribution in [1.29, 1.82) is 0 Å². The van der Waals surface area contributed by atoms with Crippen LogP contribution in [0.1, 0.15) is 35.7 Å². The van der Waals surface area contributed by atoms with Gasteiger partial charge in [-0.15, -0.1) is 10.2 Å². The average Bonchev–Trinajstić information content (AvgIpc) is 3.60. The highest BCUT2D eigenvalue weighted by atomic mass is 19.1. The van der Waals surface area contributed by atoms with Crippen molar-refractivity contribution < 1.29 is 13.7 Å². The molecule has 1 amide bonds. The molecule has 0 aromatic carbocycles. The molecule has 0 N–H and O–H groups in total. The Balaban J connectivity index is 1.43. The lowest BCUT2D eigenvalue weighted by molar-refractivity contribution is -0.117. The predicted octanol–water partition coefficient (Wildman–Crippen LogP) is 4.13. The zero-order valence-corrected chi connectivity index (χ0v) is 20.1. The van der Waals surface area contributed by atoms with Gasteiger partial charge in [-0.2, -0.15) is 5.10 Å². The van der Waals surface area contributed by atoms with Gasteiger partial charge in [-0.25, -0.2) is 4.39 Å². The largest absolute Gasteiger partial charge is 0.356 e. The molecule has 0 radical (unpaired) electrons. The number of aryl methyl sites for hydroxylation is 3. The summed E-state index contributed by atoms with van der Waals surface area (Å²) in [5.41, 5.74) is 4.78. The fourth-order valence-electron chi connectivity index (χ4n) is 3.92. The van der Waals surface area contributed by atoms with E-state index >= 15 is 0 Å². The molecular weight excluding hydrogens is 463 g/mol. The smallest absolute Gasteiger partial charge is 0.214 e. The molecule has 1 unspecified atom stereocenters. The average molecular weight is 487 g/mol. The number of halogens is 1. The molecule has 0 saturated heterocycles. The monoisotopic (exact) mass is 486 g/mol. The van der Waals surface area contributed by atoms with Crippen LogP contribution in [0.5, 0.6) is 0 Å². The van der Waals surface area contributed by atoms with E-state index in [1.165, 1.54) is 15.4 Å². The molecule has 0 saturated carbocycles. The SMILES string of the molecule is Cc1cc(-c2cc(F)c3nnc(C(C)N(C=O)/C=C\c4ncc(-c5cnn(C)c5)cc4C)n3c2)on1. The Hall–Kier alpha value is -4.67. The van der Waals surface area contributed by atoms with Gasteiger partial charge in [-0.1, -0.05) is 5.16 Å². The highest BCUT2D eigenvalue weighted by Crippen LogP contribution is 2.26. The van der Waals surface area contributed by atoms with Crippen LogP contribution in [0.15, 0.2) is 53.7 Å². The molecule has 5 aromatic rings. The second-order valence-electron chi connectivity index (χ2n) is 8.53. The molecule has 0 aliphatic carbocycles. The highest BCUT2D eigenvalue weighted by Gasteiger charge is 2.21. The van der Waals surface area contributed by atoms with Gasteiger partial charge in [0, 0.05) is 54.6 Å². The van der Waals surface area contributed by atoms with Gasteiger partial charge in [0.2, 0.25) is 6.41 Å². The second-order valence-corrected chi connectivity index (χ2v) is 8.53. The van der Waals surface area contributed by atoms with E-state index in [2.05, 4.69) is 25.4 Å². The van der Waals surface area contributed by atoms with Crippen LogP contribution in [0.4, 0.5) is 4.39 Å². The first-order chi connectivity index (χ1) is 17.3. The third-order valence-electron chi connectivity index (χ3n) is 5.90. The van der Waals surface area contributed by atoms with Crippen molar-refractivity contribution in [3.05, 3.63) is 77.8 Å². The Kier molecular flexibility index (Phi) is 5.88. The maximum atomic E-state index is 14.8. The van der Waals surface area contributed by atoms with Gasteiger partial charge in [0.05, 0.1) is 23.6 Å². The molecule has 5 heterocycles. The third-order valence-corrected chi connectivity index (χ3v) is 5.90. The number of carbonyl (C=O) groups excluding carboxylic acids is 1. The van der Waals surface area contributed by atoms with E-state index in [0.29, 0.717) is 34.9 Å². The van der Waals surface area contributed by atoms with Gasteiger partial charge in [0.1, 0.15) is 0 Å². The molecule has 11 heteroatoms. The lowest BCUT2D eigenvalue weighted by Crippen LogP contribution is -2.21. The molecule has 0 bridgehead atoms. The van der Waals surface area contributed by atoms with E-state index < -0.39 is 11.9 Å². The van der Waals surface area contributed by atoms with Crippen LogP contribution in [-0.4, -0.2) is 45.8 Å². The number of hydrogen-bond acceptors (Lipinski definition) is 7. The van der Waals surface area contributed by atoms with Gasteiger partial charge >= 0.3 is 0 Å². The number of pyridine rings is 2. The third kappa shape index (κ3) is 4.26. The highest BCUT2D eigenvalue weighted by molar-refractivity contribution is 5.65. The van der Waals surface area contributed by atoms with Crippen LogP contribution < -0.4 is 0 Å². The quantitative estimate of drug-likeness (QED) is 0.318. The standard InChI is InChI=1S/C25H23FN8O2/c1-15-7-18(20-11-28-32(4)12-20)10-27-22(15)5-6-33(14-35)17(3)24-29-30-25-21(26)9-19(13-34(24)25)23-8-16(2)31-36-23/h5-14,17H,1-4H3/b6-5-. The predicted molar refractivity (Wildman–Crippen MR) is 130 cm³/mol. The van der Waals surface area contributed by atoms with Gasteiger partial charge in [-0.05, 0) is 44.5 Å². The van der Waals surface area contributed by atoms with E-state index in [1.807, 2.05) is 26.2 Å². The Morgan fingerprint density at radius 1 is 1.08 bits per heavy atom. The van der Waals surface area contributed by atoms with Crippen LogP contribution in [0.3, 0.4) is 0 Å². The van der Waals surface area contributed by atoms with Crippen molar-refractivity contribution in [3.63, 3.8) is 0 Å². The normalized spacial score (nSPS) is 12.5. The molecule has 0 aliphatic heterocycles. The fraction of sp³-hybridized carbons (Fsp3) is 0.200. The summed E-state index contributed by atoms with van der Waals surface area (Å²) in [7, 11) is 1.86. The van der Waals surface area contributed by atoms with Crippen molar-refractivity contribution in [2.75, 3.05) is 0 Å². The molecule has 1 atom stereocenters. The van der Waals surface area contributed by atoms with Gasteiger partial charge in [-0.3, -0.25) is 18.9 Å². The maximum Gasteiger partial charge on any atom is 0.214 e. The summed E-state index contributed by atoms with van der Waals surface area (Å²) >= 11 is 0. The number of carbonyl (C=O) groups is 1. The van der Waals surface area contributed by atoms with Crippen LogP contribution in [0, 0.1) is 19.7 Å². The van der Waals surface area contributed by atoms with Crippen LogP contribution in [-0.2, 0) is 11.8 Å². The molecule has 0 fully saturated rings. The van der Waals surface area contributed by atoms with Crippen LogP contribution in [0.25, 0.3) is 34.2 Å². The maximum absolute atomic E-state index is 14.8. The summed E-state index contributed by atoms with van der Waals surface area (Å²) in [5.74, 6) is 0.244. The van der Waals surface area contributed by atoms with Crippen molar-refractivity contribution in [1.82, 2.24) is 39.4 Å². The first kappa shape index (κ1) is 23.1. The minimum absolute atomic E-state index is 0.0511. The van der Waals surface area contributed by atoms with Crippen molar-refractivity contribution in [2.45, 2.75) is 26.8 Å². The minimum atomic E-state index is -0.561. The van der Waals surface area contributed by atoms with Crippen LogP contribution in [0.2, 0.25) is 0 Å². The zero-order chi connectivity index (χ0) is 25.4. The second kappa shape index (κ2) is 9.17. The van der Waals surface area contributed by atoms with Crippen molar-refractivity contribution in [2.24, 2.45) is 7.05 Å². The minimum Gasteiger partial charge on any atom is -0.356 e. The number of aromatic nitrogens is 7. The van der Waals surface area contributed by atoms with Crippen molar-refractivity contribution in [3.8, 4) is 22.5 Å². The van der Waals surface area contributed by atoms with E-state index in [1.54, 1.807) is 55.5 Å². The van der Waals surface area contributed by atoms with Crippen LogP contribution >= 0.6 is 0 Å². The molecule has 0 spiro atoms. The summed E-state index contributed by atoms with van der Waals surface area (Å²) in [4.78, 5) is 17.9. The summed E-state index contributed by atoms with van der Waals surface area (Å²) in [6.45, 7) is 5.51. The van der Waals surface area contributed by atoms with E-state index in [-0.39, 0.29) is 5.65 Å². The van der Waals surface area contributed by atoms with Gasteiger partial charge in [0.25, 0.3) is 0 Å². The fourth-order valence-corrected chi connectivity index (χ4v) is 3.92. The topological polar surface area (TPSA) is 107 Å². The number of amides is 1. The Morgan fingerprint density at radius 2 is 1.92 bits per heavy atom. The first-order valence-electron chi connectivity index (χ1n) is 11.2. The molecular formula is C25H23FN8O2. The molecule has 5 rings (SSSR count). The number of fused-ring (bicyclic) bond motifs is 1. The Labute approximate surface area is 205 Å². The summed E-state index contributed by atoms with van der Waals surface area (Å²) in [5, 5.41) is 16.2. The van der Waals surface area contributed by atoms with E-state index in [9.17, 15) is 9.18 Å². The van der Waals surface area contributed by atoms with Crippen molar-refractivity contribution >= 4 is 18.1 Å². The molecule has 0 aliphatic rings. The molecule has 182 valence electrons. The van der Waals surface area contributed by atoms with Gasteiger partial charge in [0.15, 0.2) is 23.0 Å². The number of rotatable bonds is 7. The molecule has 5 aromatic heterocycles. The lowest BCUT2D eigenvalue weighted by Gasteiger charge is -2.20. The van der Waals surface area contributed by atoms with E-state index in [0.717, 1.165) is 16.7 Å². The Bertz CT molecular complexity index is 1600. The zero-order valence-electron chi connectivity index (χ0n) is 20.1. The summed E-state index contributed by atoms with van der Waals surface area (Å²) in [6.07, 6.45) is 11.2. The molecule has 10 nitrogen and oxygen atoms in total.